The van der Waals surface area contributed by atoms with E-state index in [1.54, 1.807) is 11.3 Å². The second-order valence-corrected chi connectivity index (χ2v) is 4.00. The van der Waals surface area contributed by atoms with E-state index in [2.05, 4.69) is 11.1 Å². The largest absolute Gasteiger partial charge is 0.358 e. The van der Waals surface area contributed by atoms with E-state index in [0.29, 0.717) is 0 Å². The summed E-state index contributed by atoms with van der Waals surface area (Å²) in [5.74, 6) is 0. The Hall–Kier alpha value is -0.470. The lowest BCUT2D eigenvalue weighted by Crippen LogP contribution is -1.63. The van der Waals surface area contributed by atoms with Gasteiger partial charge in [0.25, 0.3) is 0 Å². The van der Waals surface area contributed by atoms with Crippen LogP contribution in [0.25, 0.3) is 10.2 Å². The summed E-state index contributed by atoms with van der Waals surface area (Å²) < 4.78 is 2.09. The van der Waals surface area contributed by atoms with Crippen molar-refractivity contribution in [3.63, 3.8) is 0 Å². The second kappa shape index (κ2) is 2.01. The monoisotopic (exact) mass is 171 g/mol. The summed E-state index contributed by atoms with van der Waals surface area (Å²) in [5, 5.41) is 0. The number of nitrogens with one attached hydrogen (secondary N) is 1. The molecule has 0 bridgehead atoms. The molecule has 0 aliphatic heterocycles. The Kier molecular flexibility index (Phi) is 1.25. The van der Waals surface area contributed by atoms with Crippen molar-refractivity contribution >= 4 is 33.2 Å². The van der Waals surface area contributed by atoms with E-state index < -0.39 is 0 Å². The molecule has 0 aliphatic rings. The Morgan fingerprint density at radius 3 is 3.00 bits per heavy atom. The van der Waals surface area contributed by atoms with Crippen LogP contribution < -0.4 is 0 Å². The minimum Gasteiger partial charge on any atom is -0.358 e. The molecule has 0 saturated heterocycles. The van der Waals surface area contributed by atoms with Gasteiger partial charge in [-0.3, -0.25) is 0 Å². The molecule has 2 aromatic heterocycles. The first-order chi connectivity index (χ1) is 4.75. The van der Waals surface area contributed by atoms with Gasteiger partial charge in [-0.25, -0.2) is 0 Å². The Morgan fingerprint density at radius 2 is 2.30 bits per heavy atom. The zero-order valence-corrected chi connectivity index (χ0v) is 7.01. The van der Waals surface area contributed by atoms with Gasteiger partial charge in [0.2, 0.25) is 0 Å². The first-order valence-electron chi connectivity index (χ1n) is 3.00. The van der Waals surface area contributed by atoms with Gasteiger partial charge in [0.1, 0.15) is 0 Å². The highest BCUT2D eigenvalue weighted by molar-refractivity contribution is 7.22. The predicted octanol–water partition coefficient (Wildman–Crippen LogP) is 3.19. The third-order valence-electron chi connectivity index (χ3n) is 1.41. The summed E-state index contributed by atoms with van der Waals surface area (Å²) in [4.78, 5) is 3.21. The fraction of sp³-hybridized carbons (Fsp3) is 0.143. The van der Waals surface area contributed by atoms with Gasteiger partial charge in [-0.15, -0.1) is 11.3 Å². The van der Waals surface area contributed by atoms with Crippen LogP contribution in [0.3, 0.4) is 0 Å². The van der Waals surface area contributed by atoms with Gasteiger partial charge in [0, 0.05) is 5.69 Å². The van der Waals surface area contributed by atoms with Crippen LogP contribution in [-0.2, 0) is 0 Å². The van der Waals surface area contributed by atoms with Crippen LogP contribution in [0.5, 0.6) is 0 Å². The third-order valence-corrected chi connectivity index (χ3v) is 2.62. The fourth-order valence-corrected chi connectivity index (χ4v) is 2.23. The quantitative estimate of drug-likeness (QED) is 0.627. The maximum absolute atomic E-state index is 5.78. The molecule has 3 heteroatoms. The number of rotatable bonds is 0. The number of thiophene rings is 1. The Labute approximate surface area is 67.6 Å². The first kappa shape index (κ1) is 6.25. The molecule has 1 nitrogen and oxygen atoms in total. The lowest BCUT2D eigenvalue weighted by Gasteiger charge is -1.76. The molecule has 0 amide bonds. The lowest BCUT2D eigenvalue weighted by atomic mass is 10.5. The first-order valence-corrected chi connectivity index (χ1v) is 4.20. The summed E-state index contributed by atoms with van der Waals surface area (Å²) in [5.41, 5.74) is 2.34. The van der Waals surface area contributed by atoms with Gasteiger partial charge in [0.15, 0.2) is 0 Å². The molecule has 52 valence electrons. The van der Waals surface area contributed by atoms with Crippen molar-refractivity contribution in [3.05, 3.63) is 22.2 Å². The number of aryl methyl sites for hydroxylation is 1. The smallest absolute Gasteiger partial charge is 0.0956 e. The van der Waals surface area contributed by atoms with E-state index in [1.807, 2.05) is 13.0 Å². The average Bonchev–Trinajstić information content (AvgIpc) is 2.21. The Balaban J connectivity index is 2.83. The molecular weight excluding hydrogens is 166 g/mol. The van der Waals surface area contributed by atoms with Crippen molar-refractivity contribution in [2.24, 2.45) is 0 Å². The van der Waals surface area contributed by atoms with Crippen LogP contribution >= 0.6 is 22.9 Å². The highest BCUT2D eigenvalue weighted by Crippen LogP contribution is 2.29. The summed E-state index contributed by atoms with van der Waals surface area (Å²) >= 11 is 7.38. The molecule has 0 unspecified atom stereocenters. The predicted molar refractivity (Wildman–Crippen MR) is 45.9 cm³/mol. The molecule has 0 saturated carbocycles. The number of fused-ring (bicyclic) bond motifs is 1. The second-order valence-electron chi connectivity index (χ2n) is 2.28. The molecule has 1 N–H and O–H groups in total. The summed E-state index contributed by atoms with van der Waals surface area (Å²) in [6.07, 6.45) is 0. The molecule has 10 heavy (non-hydrogen) atoms. The van der Waals surface area contributed by atoms with Crippen LogP contribution in [0.1, 0.15) is 5.69 Å². The molecule has 2 rings (SSSR count). The minimum absolute atomic E-state index is 0.848. The average molecular weight is 172 g/mol. The van der Waals surface area contributed by atoms with Crippen LogP contribution in [0.15, 0.2) is 12.1 Å². The number of H-pyrrole nitrogens is 1. The molecular formula is C7H6ClNS. The number of aromatic nitrogens is 1. The molecule has 0 atom stereocenters. The van der Waals surface area contributed by atoms with Gasteiger partial charge in [-0.1, -0.05) is 11.6 Å². The topological polar surface area (TPSA) is 15.8 Å². The molecule has 2 aromatic rings. The molecule has 0 aliphatic carbocycles. The van der Waals surface area contributed by atoms with Gasteiger partial charge >= 0.3 is 0 Å². The van der Waals surface area contributed by atoms with Gasteiger partial charge in [-0.2, -0.15) is 0 Å². The minimum atomic E-state index is 0.848. The number of aromatic amines is 1. The van der Waals surface area contributed by atoms with E-state index in [1.165, 1.54) is 10.4 Å². The third kappa shape index (κ3) is 0.842. The molecule has 0 aromatic carbocycles. The van der Waals surface area contributed by atoms with Crippen molar-refractivity contribution < 1.29 is 0 Å². The summed E-state index contributed by atoms with van der Waals surface area (Å²) in [7, 11) is 0. The SMILES string of the molecule is Cc1cc2sc(Cl)cc2[nH]1. The van der Waals surface area contributed by atoms with E-state index in [9.17, 15) is 0 Å². The molecule has 0 fully saturated rings. The van der Waals surface area contributed by atoms with Crippen molar-refractivity contribution in [1.29, 1.82) is 0 Å². The van der Waals surface area contributed by atoms with E-state index in [4.69, 9.17) is 11.6 Å². The van der Waals surface area contributed by atoms with Gasteiger partial charge < -0.3 is 4.98 Å². The van der Waals surface area contributed by atoms with Crippen LogP contribution in [0, 0.1) is 6.92 Å². The van der Waals surface area contributed by atoms with E-state index in [0.717, 1.165) is 9.85 Å². The lowest BCUT2D eigenvalue weighted by molar-refractivity contribution is 1.30. The van der Waals surface area contributed by atoms with Crippen LogP contribution in [0.2, 0.25) is 4.34 Å². The van der Waals surface area contributed by atoms with Crippen LogP contribution in [-0.4, -0.2) is 4.98 Å². The van der Waals surface area contributed by atoms with Crippen molar-refractivity contribution in [2.75, 3.05) is 0 Å². The zero-order valence-electron chi connectivity index (χ0n) is 5.44. The number of hydrogen-bond donors (Lipinski definition) is 1. The van der Waals surface area contributed by atoms with Crippen molar-refractivity contribution in [1.82, 2.24) is 4.98 Å². The normalized spacial score (nSPS) is 11.0. The highest BCUT2D eigenvalue weighted by Gasteiger charge is 2.00. The van der Waals surface area contributed by atoms with Gasteiger partial charge in [-0.05, 0) is 19.1 Å². The van der Waals surface area contributed by atoms with E-state index >= 15 is 0 Å². The van der Waals surface area contributed by atoms with Gasteiger partial charge in [0.05, 0.1) is 14.6 Å². The van der Waals surface area contributed by atoms with Crippen molar-refractivity contribution in [3.8, 4) is 0 Å². The maximum Gasteiger partial charge on any atom is 0.0956 e. The molecule has 0 radical (unpaired) electrons. The summed E-state index contributed by atoms with van der Waals surface area (Å²) in [6, 6.07) is 4.06. The fourth-order valence-electron chi connectivity index (χ4n) is 1.02. The van der Waals surface area contributed by atoms with Crippen LogP contribution in [0.4, 0.5) is 0 Å². The highest BCUT2D eigenvalue weighted by atomic mass is 35.5. The molecule has 2 heterocycles. The Bertz CT molecular complexity index is 297. The van der Waals surface area contributed by atoms with E-state index in [-0.39, 0.29) is 0 Å². The van der Waals surface area contributed by atoms with Crippen molar-refractivity contribution in [2.45, 2.75) is 6.92 Å². The maximum atomic E-state index is 5.78. The Morgan fingerprint density at radius 1 is 1.50 bits per heavy atom. The summed E-state index contributed by atoms with van der Waals surface area (Å²) in [6.45, 7) is 2.04. The number of halogens is 1. The standard InChI is InChI=1S/C7H6ClNS/c1-4-2-6-5(9-4)3-7(8)10-6/h2-3,9H,1H3. The number of hydrogen-bond acceptors (Lipinski definition) is 1. The zero-order chi connectivity index (χ0) is 7.14. The molecule has 0 spiro atoms.